The van der Waals surface area contributed by atoms with Gasteiger partial charge in [0.15, 0.2) is 5.96 Å². The van der Waals surface area contributed by atoms with Gasteiger partial charge in [0.05, 0.1) is 17.6 Å². The Kier molecular flexibility index (Phi) is 13.7. The molecular weight excluding hydrogens is 576 g/mol. The van der Waals surface area contributed by atoms with Gasteiger partial charge in [-0.3, -0.25) is 19.4 Å². The second kappa shape index (κ2) is 15.9. The third-order valence-electron chi connectivity index (χ3n) is 5.80. The lowest BCUT2D eigenvalue weighted by atomic mass is 9.97. The lowest BCUT2D eigenvalue weighted by Crippen LogP contribution is -2.57. The predicted molar refractivity (Wildman–Crippen MR) is 153 cm³/mol. The van der Waals surface area contributed by atoms with Gasteiger partial charge in [0.1, 0.15) is 18.1 Å². The van der Waals surface area contributed by atoms with Crippen molar-refractivity contribution in [2.45, 2.75) is 69.5 Å². The number of hydrogen-bond acceptors (Lipinski definition) is 8. The molecule has 1 aromatic carbocycles. The lowest BCUT2D eigenvalue weighted by molar-refractivity contribution is -0.137. The minimum Gasteiger partial charge on any atom is -0.481 e. The van der Waals surface area contributed by atoms with Crippen molar-refractivity contribution >= 4 is 43.6 Å². The number of nitrogens with zero attached hydrogens (tertiary/aromatic N) is 1. The summed E-state index contributed by atoms with van der Waals surface area (Å²) in [6.07, 6.45) is 0.728. The van der Waals surface area contributed by atoms with Crippen LogP contribution in [0.15, 0.2) is 34.2 Å². The second-order valence-corrected chi connectivity index (χ2v) is 12.9. The van der Waals surface area contributed by atoms with Crippen molar-refractivity contribution in [3.8, 4) is 11.2 Å². The molecule has 0 aromatic heterocycles. The molecule has 228 valence electrons. The van der Waals surface area contributed by atoms with Crippen molar-refractivity contribution in [3.63, 3.8) is 0 Å². The van der Waals surface area contributed by atoms with Crippen LogP contribution in [0.1, 0.15) is 45.1 Å². The van der Waals surface area contributed by atoms with E-state index in [-0.39, 0.29) is 30.2 Å². The number of carbonyl (C=O) groups is 3. The van der Waals surface area contributed by atoms with Gasteiger partial charge >= 0.3 is 5.97 Å². The van der Waals surface area contributed by atoms with Crippen LogP contribution >= 0.6 is 0 Å². The number of aliphatic imine (C=N–C) groups is 1. The van der Waals surface area contributed by atoms with E-state index >= 15 is 0 Å². The average molecular weight is 615 g/mol. The molecule has 0 aliphatic heterocycles. The molecule has 16 heteroatoms. The zero-order valence-electron chi connectivity index (χ0n) is 23.4. The molecule has 14 nitrogen and oxygen atoms in total. The fraction of sp³-hybridized carbons (Fsp3) is 0.520. The van der Waals surface area contributed by atoms with E-state index in [1.807, 2.05) is 5.25 Å². The smallest absolute Gasteiger partial charge is 0.306 e. The zero-order chi connectivity index (χ0) is 31.4. The molecule has 2 amide bonds. The number of amides is 2. The van der Waals surface area contributed by atoms with Crippen molar-refractivity contribution in [1.29, 1.82) is 0 Å². The van der Waals surface area contributed by atoms with Crippen molar-refractivity contribution < 1.29 is 36.3 Å². The van der Waals surface area contributed by atoms with Gasteiger partial charge in [-0.1, -0.05) is 43.9 Å². The summed E-state index contributed by atoms with van der Waals surface area (Å²) in [6, 6.07) is 2.07. The van der Waals surface area contributed by atoms with Gasteiger partial charge in [0, 0.05) is 11.8 Å². The fourth-order valence-corrected chi connectivity index (χ4v) is 5.01. The molecular formula is C25H38N6O8S2. The van der Waals surface area contributed by atoms with Gasteiger partial charge in [-0.2, -0.15) is 4.72 Å². The van der Waals surface area contributed by atoms with Crippen LogP contribution in [0.25, 0.3) is 0 Å². The van der Waals surface area contributed by atoms with Gasteiger partial charge < -0.3 is 27.2 Å². The van der Waals surface area contributed by atoms with E-state index in [0.717, 1.165) is 11.8 Å². The number of nitrogens with one attached hydrogen (secondary N) is 3. The molecule has 1 aromatic rings. The van der Waals surface area contributed by atoms with Crippen molar-refractivity contribution in [1.82, 2.24) is 15.4 Å². The first kappa shape index (κ1) is 35.3. The normalized spacial score (nSPS) is 14.3. The van der Waals surface area contributed by atoms with Gasteiger partial charge in [-0.25, -0.2) is 16.8 Å². The summed E-state index contributed by atoms with van der Waals surface area (Å²) in [7, 11) is -7.93. The Labute approximate surface area is 240 Å². The Morgan fingerprint density at radius 1 is 1.05 bits per heavy atom. The summed E-state index contributed by atoms with van der Waals surface area (Å²) in [5, 5.41) is 16.0. The van der Waals surface area contributed by atoms with Crippen LogP contribution in [0.5, 0.6) is 0 Å². The third-order valence-corrected chi connectivity index (χ3v) is 7.77. The maximum atomic E-state index is 13.4. The topological polar surface area (TPSA) is 240 Å². The van der Waals surface area contributed by atoms with Crippen molar-refractivity contribution in [2.24, 2.45) is 22.4 Å². The molecule has 0 aliphatic rings. The number of sulfonamides is 1. The van der Waals surface area contributed by atoms with E-state index in [4.69, 9.17) is 16.6 Å². The number of rotatable bonds is 15. The van der Waals surface area contributed by atoms with Crippen LogP contribution in [-0.2, 0) is 34.2 Å². The Morgan fingerprint density at radius 2 is 1.66 bits per heavy atom. The monoisotopic (exact) mass is 614 g/mol. The number of carboxylic acid groups (broad SMARTS) is 1. The molecule has 0 aliphatic carbocycles. The minimum atomic E-state index is -4.15. The number of aliphatic carboxylic acids is 1. The summed E-state index contributed by atoms with van der Waals surface area (Å²) < 4.78 is 51.3. The number of carbonyl (C=O) groups excluding carboxylic acids is 2. The third kappa shape index (κ3) is 13.5. The fourth-order valence-electron chi connectivity index (χ4n) is 3.43. The molecule has 0 saturated carbocycles. The number of guanidine groups is 1. The van der Waals surface area contributed by atoms with Crippen LogP contribution in [0.2, 0.25) is 0 Å². The second-order valence-electron chi connectivity index (χ2n) is 9.49. The number of nitrogens with two attached hydrogens (primary N) is 2. The number of benzene rings is 1. The van der Waals surface area contributed by atoms with E-state index in [2.05, 4.69) is 26.3 Å². The van der Waals surface area contributed by atoms with Crippen LogP contribution in [0.4, 0.5) is 0 Å². The highest BCUT2D eigenvalue weighted by atomic mass is 32.2. The summed E-state index contributed by atoms with van der Waals surface area (Å²) in [6.45, 7) is 5.31. The molecule has 0 spiro atoms. The zero-order valence-corrected chi connectivity index (χ0v) is 25.0. The first-order valence-electron chi connectivity index (χ1n) is 12.6. The minimum absolute atomic E-state index is 0.0238. The highest BCUT2D eigenvalue weighted by Crippen LogP contribution is 2.14. The van der Waals surface area contributed by atoms with E-state index in [1.54, 1.807) is 32.9 Å². The van der Waals surface area contributed by atoms with Gasteiger partial charge in [0.2, 0.25) is 31.7 Å². The SMILES string of the molecule is CCC(C)[C@H](NC(=O)[C@H](CCCN=C(N)N)NS(=O)(=O)c1ccc(C)cc1)C(=O)N[C@H](C#CS(C)(=O)=O)CC(=O)O. The number of aryl methyl sites for hydroxylation is 1. The van der Waals surface area contributed by atoms with E-state index in [9.17, 15) is 31.2 Å². The molecule has 0 bridgehead atoms. The molecule has 41 heavy (non-hydrogen) atoms. The number of sulfone groups is 1. The quantitative estimate of drug-likeness (QED) is 0.0472. The Hall–Kier alpha value is -3.68. The van der Waals surface area contributed by atoms with Crippen molar-refractivity contribution in [3.05, 3.63) is 29.8 Å². The Morgan fingerprint density at radius 3 is 2.17 bits per heavy atom. The highest BCUT2D eigenvalue weighted by Gasteiger charge is 2.32. The van der Waals surface area contributed by atoms with E-state index in [1.165, 1.54) is 12.1 Å². The van der Waals surface area contributed by atoms with Crippen LogP contribution in [0, 0.1) is 24.0 Å². The van der Waals surface area contributed by atoms with Gasteiger partial charge in [0.25, 0.3) is 0 Å². The van der Waals surface area contributed by atoms with Crippen molar-refractivity contribution in [2.75, 3.05) is 12.8 Å². The summed E-state index contributed by atoms with van der Waals surface area (Å²) >= 11 is 0. The Balaban J connectivity index is 3.27. The summed E-state index contributed by atoms with van der Waals surface area (Å²) in [4.78, 5) is 41.6. The summed E-state index contributed by atoms with van der Waals surface area (Å²) in [5.74, 6) is -1.41. The van der Waals surface area contributed by atoms with E-state index < -0.39 is 68.1 Å². The standard InChI is InChI=1S/C25H38N6O8S2/c1-5-17(3)22(24(35)29-18(15-21(32)33)12-14-40(4,36)37)30-23(34)20(7-6-13-28-25(26)27)31-41(38,39)19-10-8-16(2)9-11-19/h8-11,17-18,20,22,31H,5-7,13,15H2,1-4H3,(H,29,35)(H,30,34)(H,32,33)(H4,26,27,28)/t17?,18-,20+,22+/m1/s1. The molecule has 1 rings (SSSR count). The number of carboxylic acids is 1. The first-order chi connectivity index (χ1) is 18.9. The molecule has 8 N–H and O–H groups in total. The van der Waals surface area contributed by atoms with Gasteiger partial charge in [-0.05, 0) is 37.8 Å². The van der Waals surface area contributed by atoms with E-state index in [0.29, 0.717) is 6.42 Å². The average Bonchev–Trinajstić information content (AvgIpc) is 2.86. The van der Waals surface area contributed by atoms with Crippen LogP contribution in [-0.4, -0.2) is 76.6 Å². The maximum absolute atomic E-state index is 13.4. The maximum Gasteiger partial charge on any atom is 0.306 e. The molecule has 0 fully saturated rings. The highest BCUT2D eigenvalue weighted by molar-refractivity contribution is 7.95. The predicted octanol–water partition coefficient (Wildman–Crippen LogP) is -0.809. The first-order valence-corrected chi connectivity index (χ1v) is 16.0. The molecule has 0 saturated heterocycles. The Bertz CT molecular complexity index is 1380. The largest absolute Gasteiger partial charge is 0.481 e. The molecule has 1 unspecified atom stereocenters. The molecule has 0 radical (unpaired) electrons. The van der Waals surface area contributed by atoms with Gasteiger partial charge in [-0.15, -0.1) is 0 Å². The molecule has 4 atom stereocenters. The van der Waals surface area contributed by atoms with Crippen LogP contribution < -0.4 is 26.8 Å². The lowest BCUT2D eigenvalue weighted by Gasteiger charge is -2.27. The summed E-state index contributed by atoms with van der Waals surface area (Å²) in [5.41, 5.74) is 11.5. The molecule has 0 heterocycles. The van der Waals surface area contributed by atoms with Crippen LogP contribution in [0.3, 0.4) is 0 Å². The number of hydrogen-bond donors (Lipinski definition) is 6.